The molecule has 2 saturated heterocycles. The van der Waals surface area contributed by atoms with Gasteiger partial charge in [0.2, 0.25) is 0 Å². The second-order valence-electron chi connectivity index (χ2n) is 5.01. The fraction of sp³-hybridized carbons (Fsp3) is 0.667. The monoisotopic (exact) mass is 250 g/mol. The van der Waals surface area contributed by atoms with Crippen LogP contribution in [-0.2, 0) is 11.2 Å². The summed E-state index contributed by atoms with van der Waals surface area (Å²) < 4.78 is 5.70. The molecule has 3 atom stereocenters. The summed E-state index contributed by atoms with van der Waals surface area (Å²) in [5.74, 6) is -0.204. The van der Waals surface area contributed by atoms with E-state index >= 15 is 0 Å². The van der Waals surface area contributed by atoms with Crippen molar-refractivity contribution in [2.75, 3.05) is 5.73 Å². The number of fused-ring (bicyclic) bond motifs is 2. The minimum atomic E-state index is -0.204. The van der Waals surface area contributed by atoms with Crippen molar-refractivity contribution in [1.29, 1.82) is 0 Å². The van der Waals surface area contributed by atoms with Crippen LogP contribution in [0.4, 0.5) is 5.69 Å². The van der Waals surface area contributed by atoms with Gasteiger partial charge in [-0.05, 0) is 25.7 Å². The Labute approximate surface area is 105 Å². The Morgan fingerprint density at radius 3 is 3.00 bits per heavy atom. The van der Waals surface area contributed by atoms with E-state index in [4.69, 9.17) is 10.5 Å². The Morgan fingerprint density at radius 2 is 2.44 bits per heavy atom. The zero-order valence-corrected chi connectivity index (χ0v) is 10.4. The molecule has 3 rings (SSSR count). The van der Waals surface area contributed by atoms with E-state index in [1.807, 2.05) is 6.92 Å². The van der Waals surface area contributed by atoms with Gasteiger partial charge >= 0.3 is 0 Å². The van der Waals surface area contributed by atoms with Crippen molar-refractivity contribution in [3.8, 4) is 0 Å². The second-order valence-corrected chi connectivity index (χ2v) is 5.01. The van der Waals surface area contributed by atoms with E-state index in [-0.39, 0.29) is 18.1 Å². The third-order valence-electron chi connectivity index (χ3n) is 3.87. The number of rotatable bonds is 3. The molecular formula is C12H18N4O2. The van der Waals surface area contributed by atoms with Gasteiger partial charge in [-0.3, -0.25) is 9.89 Å². The van der Waals surface area contributed by atoms with Crippen LogP contribution in [0.1, 0.15) is 42.4 Å². The number of nitrogens with two attached hydrogens (primary N) is 1. The number of H-pyrrole nitrogens is 1. The summed E-state index contributed by atoms with van der Waals surface area (Å²) in [6.07, 6.45) is 4.28. The zero-order valence-electron chi connectivity index (χ0n) is 10.4. The van der Waals surface area contributed by atoms with Crippen molar-refractivity contribution in [2.24, 2.45) is 0 Å². The Morgan fingerprint density at radius 1 is 1.61 bits per heavy atom. The average Bonchev–Trinajstić information content (AvgIpc) is 3.03. The Bertz CT molecular complexity index is 471. The fourth-order valence-electron chi connectivity index (χ4n) is 2.86. The number of carbonyl (C=O) groups is 1. The van der Waals surface area contributed by atoms with Gasteiger partial charge in [-0.25, -0.2) is 0 Å². The van der Waals surface area contributed by atoms with Gasteiger partial charge in [0.25, 0.3) is 5.91 Å². The molecule has 2 aliphatic rings. The SMILES string of the molecule is CCc1[nH]nc(C(=O)NC2CC3CCC2O3)c1N. The molecule has 2 fully saturated rings. The van der Waals surface area contributed by atoms with E-state index in [0.29, 0.717) is 17.5 Å². The third kappa shape index (κ3) is 1.77. The van der Waals surface area contributed by atoms with E-state index < -0.39 is 0 Å². The van der Waals surface area contributed by atoms with Gasteiger partial charge in [0.15, 0.2) is 5.69 Å². The molecule has 6 heteroatoms. The van der Waals surface area contributed by atoms with Gasteiger partial charge in [-0.1, -0.05) is 6.92 Å². The van der Waals surface area contributed by atoms with Gasteiger partial charge in [0.05, 0.1) is 29.6 Å². The fourth-order valence-corrected chi connectivity index (χ4v) is 2.86. The van der Waals surface area contributed by atoms with E-state index in [2.05, 4.69) is 15.5 Å². The first-order valence-corrected chi connectivity index (χ1v) is 6.48. The molecule has 0 radical (unpaired) electrons. The number of nitrogens with zero attached hydrogens (tertiary/aromatic N) is 1. The van der Waals surface area contributed by atoms with Gasteiger partial charge in [-0.15, -0.1) is 0 Å². The van der Waals surface area contributed by atoms with Crippen LogP contribution in [0.2, 0.25) is 0 Å². The highest BCUT2D eigenvalue weighted by Gasteiger charge is 2.41. The maximum atomic E-state index is 12.1. The minimum absolute atomic E-state index is 0.109. The number of hydrogen-bond donors (Lipinski definition) is 3. The molecule has 3 heterocycles. The minimum Gasteiger partial charge on any atom is -0.395 e. The van der Waals surface area contributed by atoms with Crippen molar-refractivity contribution in [3.05, 3.63) is 11.4 Å². The van der Waals surface area contributed by atoms with E-state index in [0.717, 1.165) is 31.4 Å². The summed E-state index contributed by atoms with van der Waals surface area (Å²) in [6.45, 7) is 1.97. The summed E-state index contributed by atoms with van der Waals surface area (Å²) in [7, 11) is 0. The molecule has 0 saturated carbocycles. The molecule has 3 unspecified atom stereocenters. The predicted molar refractivity (Wildman–Crippen MR) is 66.1 cm³/mol. The molecule has 1 amide bonds. The van der Waals surface area contributed by atoms with Gasteiger partial charge in [0.1, 0.15) is 0 Å². The Balaban J connectivity index is 1.69. The van der Waals surface area contributed by atoms with Crippen LogP contribution in [0.5, 0.6) is 0 Å². The molecule has 98 valence electrons. The molecule has 18 heavy (non-hydrogen) atoms. The largest absolute Gasteiger partial charge is 0.395 e. The van der Waals surface area contributed by atoms with Crippen LogP contribution in [0.15, 0.2) is 0 Å². The number of aromatic amines is 1. The molecule has 0 spiro atoms. The molecule has 6 nitrogen and oxygen atoms in total. The molecular weight excluding hydrogens is 232 g/mol. The highest BCUT2D eigenvalue weighted by molar-refractivity contribution is 5.97. The van der Waals surface area contributed by atoms with Crippen molar-refractivity contribution in [1.82, 2.24) is 15.5 Å². The van der Waals surface area contributed by atoms with Crippen molar-refractivity contribution < 1.29 is 9.53 Å². The number of nitrogens with one attached hydrogen (secondary N) is 2. The number of aryl methyl sites for hydroxylation is 1. The lowest BCUT2D eigenvalue weighted by Crippen LogP contribution is -2.41. The maximum absolute atomic E-state index is 12.1. The lowest BCUT2D eigenvalue weighted by atomic mass is 9.95. The predicted octanol–water partition coefficient (Wildman–Crippen LogP) is 0.604. The van der Waals surface area contributed by atoms with Gasteiger partial charge in [0, 0.05) is 0 Å². The summed E-state index contributed by atoms with van der Waals surface area (Å²) in [5.41, 5.74) is 7.45. The molecule has 0 aliphatic carbocycles. The van der Waals surface area contributed by atoms with Crippen LogP contribution in [0, 0.1) is 0 Å². The molecule has 1 aromatic heterocycles. The third-order valence-corrected chi connectivity index (χ3v) is 3.87. The number of nitrogen functional groups attached to an aromatic ring is 1. The number of anilines is 1. The van der Waals surface area contributed by atoms with Crippen molar-refractivity contribution >= 4 is 11.6 Å². The first kappa shape index (κ1) is 11.5. The van der Waals surface area contributed by atoms with E-state index in [9.17, 15) is 4.79 Å². The van der Waals surface area contributed by atoms with Crippen LogP contribution in [-0.4, -0.2) is 34.4 Å². The zero-order chi connectivity index (χ0) is 12.7. The maximum Gasteiger partial charge on any atom is 0.274 e. The van der Waals surface area contributed by atoms with Crippen molar-refractivity contribution in [3.63, 3.8) is 0 Å². The second kappa shape index (κ2) is 4.28. The molecule has 1 aromatic rings. The Hall–Kier alpha value is -1.56. The summed E-state index contributed by atoms with van der Waals surface area (Å²) in [6, 6.07) is 0.109. The van der Waals surface area contributed by atoms with Gasteiger partial charge in [-0.2, -0.15) is 5.10 Å². The lowest BCUT2D eigenvalue weighted by Gasteiger charge is -2.19. The molecule has 2 bridgehead atoms. The normalized spacial score (nSPS) is 29.7. The Kier molecular flexibility index (Phi) is 2.74. The van der Waals surface area contributed by atoms with E-state index in [1.54, 1.807) is 0 Å². The quantitative estimate of drug-likeness (QED) is 0.732. The van der Waals surface area contributed by atoms with Crippen LogP contribution < -0.4 is 11.1 Å². The molecule has 0 aromatic carbocycles. The number of hydrogen-bond acceptors (Lipinski definition) is 4. The molecule has 2 aliphatic heterocycles. The highest BCUT2D eigenvalue weighted by Crippen LogP contribution is 2.34. The molecule has 4 N–H and O–H groups in total. The summed E-state index contributed by atoms with van der Waals surface area (Å²) >= 11 is 0. The summed E-state index contributed by atoms with van der Waals surface area (Å²) in [5, 5.41) is 9.76. The smallest absolute Gasteiger partial charge is 0.274 e. The first-order valence-electron chi connectivity index (χ1n) is 6.48. The van der Waals surface area contributed by atoms with Gasteiger partial charge < -0.3 is 15.8 Å². The topological polar surface area (TPSA) is 93.0 Å². The average molecular weight is 250 g/mol. The van der Waals surface area contributed by atoms with Crippen molar-refractivity contribution in [2.45, 2.75) is 50.9 Å². The first-order chi connectivity index (χ1) is 8.69. The van der Waals surface area contributed by atoms with E-state index in [1.165, 1.54) is 0 Å². The highest BCUT2D eigenvalue weighted by atomic mass is 16.5. The summed E-state index contributed by atoms with van der Waals surface area (Å²) in [4.78, 5) is 12.1. The number of carbonyl (C=O) groups excluding carboxylic acids is 1. The van der Waals surface area contributed by atoms with Crippen LogP contribution in [0.3, 0.4) is 0 Å². The lowest BCUT2D eigenvalue weighted by molar-refractivity contribution is 0.0838. The standard InChI is InChI=1S/C12H18N4O2/c1-2-7-10(13)11(16-15-7)12(17)14-8-5-6-3-4-9(8)18-6/h6,8-9H,2-5,13H2,1H3,(H,14,17)(H,15,16). The van der Waals surface area contributed by atoms with Crippen LogP contribution >= 0.6 is 0 Å². The number of amides is 1. The number of aromatic nitrogens is 2. The number of ether oxygens (including phenoxy) is 1. The van der Waals surface area contributed by atoms with Crippen LogP contribution in [0.25, 0.3) is 0 Å².